The fourth-order valence-electron chi connectivity index (χ4n) is 3.21. The maximum atomic E-state index is 12.5. The van der Waals surface area contributed by atoms with Crippen molar-refractivity contribution >= 4 is 23.6 Å². The van der Waals surface area contributed by atoms with Gasteiger partial charge in [-0.1, -0.05) is 6.92 Å². The molecule has 1 aliphatic rings. The number of amides is 2. The summed E-state index contributed by atoms with van der Waals surface area (Å²) in [6.07, 6.45) is 1.57. The van der Waals surface area contributed by atoms with Crippen LogP contribution in [0, 0.1) is 5.92 Å². The molecular formula is C22H30N2O6. The highest BCUT2D eigenvalue weighted by Gasteiger charge is 2.29. The number of likely N-dealkylation sites (N-methyl/N-ethyl adjacent to an activating group) is 1. The summed E-state index contributed by atoms with van der Waals surface area (Å²) in [5, 5.41) is 0. The molecule has 1 fully saturated rings. The number of rotatable bonds is 9. The molecule has 1 aromatic rings. The second-order valence-corrected chi connectivity index (χ2v) is 7.25. The summed E-state index contributed by atoms with van der Waals surface area (Å²) in [5.74, 6) is -0.324. The zero-order valence-electron chi connectivity index (χ0n) is 17.9. The van der Waals surface area contributed by atoms with Gasteiger partial charge in [-0.25, -0.2) is 0 Å². The van der Waals surface area contributed by atoms with E-state index in [0.717, 1.165) is 0 Å². The molecule has 0 saturated carbocycles. The Morgan fingerprint density at radius 1 is 1.07 bits per heavy atom. The number of Topliss-reactive ketones (excluding diaryl/α,β-unsaturated/α-hetero) is 1. The molecule has 1 aliphatic heterocycles. The Hall–Kier alpha value is -2.90. The van der Waals surface area contributed by atoms with E-state index in [9.17, 15) is 19.2 Å². The van der Waals surface area contributed by atoms with E-state index < -0.39 is 0 Å². The number of piperidine rings is 1. The van der Waals surface area contributed by atoms with E-state index in [2.05, 4.69) is 0 Å². The maximum Gasteiger partial charge on any atom is 0.309 e. The lowest BCUT2D eigenvalue weighted by molar-refractivity contribution is -0.151. The van der Waals surface area contributed by atoms with Crippen LogP contribution in [0.5, 0.6) is 5.75 Å². The average molecular weight is 418 g/mol. The number of esters is 1. The first-order valence-corrected chi connectivity index (χ1v) is 10.3. The summed E-state index contributed by atoms with van der Waals surface area (Å²) in [6, 6.07) is 6.63. The van der Waals surface area contributed by atoms with Crippen LogP contribution in [0.2, 0.25) is 0 Å². The Labute approximate surface area is 177 Å². The van der Waals surface area contributed by atoms with Crippen LogP contribution in [0.4, 0.5) is 0 Å². The lowest BCUT2D eigenvalue weighted by Crippen LogP contribution is -2.46. The molecule has 0 spiro atoms. The smallest absolute Gasteiger partial charge is 0.309 e. The van der Waals surface area contributed by atoms with E-state index in [0.29, 0.717) is 50.3 Å². The monoisotopic (exact) mass is 418 g/mol. The number of hydrogen-bond acceptors (Lipinski definition) is 6. The van der Waals surface area contributed by atoms with E-state index in [-0.39, 0.29) is 42.6 Å². The van der Waals surface area contributed by atoms with Crippen molar-refractivity contribution < 1.29 is 28.7 Å². The largest absolute Gasteiger partial charge is 0.484 e. The topological polar surface area (TPSA) is 93.2 Å². The van der Waals surface area contributed by atoms with Gasteiger partial charge in [0.25, 0.3) is 5.91 Å². The summed E-state index contributed by atoms with van der Waals surface area (Å²) in [6.45, 7) is 4.63. The molecule has 0 atom stereocenters. The van der Waals surface area contributed by atoms with Crippen molar-refractivity contribution in [3.8, 4) is 5.75 Å². The fourth-order valence-corrected chi connectivity index (χ4v) is 3.21. The summed E-state index contributed by atoms with van der Waals surface area (Å²) in [4.78, 5) is 51.2. The van der Waals surface area contributed by atoms with Gasteiger partial charge in [-0.2, -0.15) is 0 Å². The Kier molecular flexibility index (Phi) is 8.83. The highest BCUT2D eigenvalue weighted by Crippen LogP contribution is 2.19. The standard InChI is InChI=1S/C22H30N2O6/c1-4-19(25)16-6-8-18(9-7-16)30-15-21(27)23(3)14-20(26)24-12-10-17(11-13-24)22(28)29-5-2/h6-9,17H,4-5,10-15H2,1-3H3. The van der Waals surface area contributed by atoms with Crippen molar-refractivity contribution in [2.45, 2.75) is 33.1 Å². The van der Waals surface area contributed by atoms with Crippen molar-refractivity contribution in [1.29, 1.82) is 0 Å². The number of hydrogen-bond donors (Lipinski definition) is 0. The quantitative estimate of drug-likeness (QED) is 0.449. The Morgan fingerprint density at radius 2 is 1.70 bits per heavy atom. The van der Waals surface area contributed by atoms with Gasteiger partial charge in [-0.15, -0.1) is 0 Å². The van der Waals surface area contributed by atoms with Gasteiger partial charge >= 0.3 is 5.97 Å². The zero-order valence-corrected chi connectivity index (χ0v) is 17.9. The summed E-state index contributed by atoms with van der Waals surface area (Å²) in [5.41, 5.74) is 0.602. The van der Waals surface area contributed by atoms with E-state index >= 15 is 0 Å². The van der Waals surface area contributed by atoms with Gasteiger partial charge in [0, 0.05) is 32.1 Å². The number of carbonyl (C=O) groups excluding carboxylic acids is 4. The third-order valence-corrected chi connectivity index (χ3v) is 5.13. The number of likely N-dealkylation sites (tertiary alicyclic amines) is 1. The van der Waals surface area contributed by atoms with Crippen LogP contribution in [-0.4, -0.2) is 73.3 Å². The molecule has 8 heteroatoms. The van der Waals surface area contributed by atoms with E-state index in [1.165, 1.54) is 4.90 Å². The normalized spacial score (nSPS) is 14.2. The van der Waals surface area contributed by atoms with E-state index in [1.54, 1.807) is 50.1 Å². The van der Waals surface area contributed by atoms with Gasteiger partial charge in [-0.3, -0.25) is 19.2 Å². The second-order valence-electron chi connectivity index (χ2n) is 7.25. The summed E-state index contributed by atoms with van der Waals surface area (Å²) in [7, 11) is 1.55. The molecule has 164 valence electrons. The summed E-state index contributed by atoms with van der Waals surface area (Å²) >= 11 is 0. The van der Waals surface area contributed by atoms with Gasteiger partial charge in [0.2, 0.25) is 5.91 Å². The molecule has 2 amide bonds. The van der Waals surface area contributed by atoms with Crippen LogP contribution >= 0.6 is 0 Å². The van der Waals surface area contributed by atoms with Gasteiger partial charge < -0.3 is 19.3 Å². The minimum Gasteiger partial charge on any atom is -0.484 e. The average Bonchev–Trinajstić information content (AvgIpc) is 2.77. The summed E-state index contributed by atoms with van der Waals surface area (Å²) < 4.78 is 10.5. The Morgan fingerprint density at radius 3 is 2.27 bits per heavy atom. The second kappa shape index (κ2) is 11.3. The van der Waals surface area contributed by atoms with Crippen LogP contribution in [0.15, 0.2) is 24.3 Å². The number of benzene rings is 1. The molecular weight excluding hydrogens is 388 g/mol. The molecule has 1 aromatic carbocycles. The highest BCUT2D eigenvalue weighted by molar-refractivity contribution is 5.95. The first-order chi connectivity index (χ1) is 14.3. The number of ketones is 1. The molecule has 0 unspecified atom stereocenters. The van der Waals surface area contributed by atoms with Gasteiger partial charge in [0.15, 0.2) is 12.4 Å². The number of carbonyl (C=O) groups is 4. The van der Waals surface area contributed by atoms with Crippen molar-refractivity contribution in [2.75, 3.05) is 39.9 Å². The molecule has 30 heavy (non-hydrogen) atoms. The number of nitrogens with zero attached hydrogens (tertiary/aromatic N) is 2. The predicted molar refractivity (Wildman–Crippen MR) is 110 cm³/mol. The van der Waals surface area contributed by atoms with Crippen LogP contribution in [0.25, 0.3) is 0 Å². The lowest BCUT2D eigenvalue weighted by atomic mass is 9.97. The molecule has 0 N–H and O–H groups in total. The molecule has 1 heterocycles. The molecule has 0 bridgehead atoms. The van der Waals surface area contributed by atoms with Crippen LogP contribution in [0.1, 0.15) is 43.5 Å². The molecule has 0 aliphatic carbocycles. The maximum absolute atomic E-state index is 12.5. The first-order valence-electron chi connectivity index (χ1n) is 10.3. The molecule has 8 nitrogen and oxygen atoms in total. The fraction of sp³-hybridized carbons (Fsp3) is 0.545. The minimum atomic E-state index is -0.321. The highest BCUT2D eigenvalue weighted by atomic mass is 16.5. The molecule has 0 radical (unpaired) electrons. The van der Waals surface area contributed by atoms with Gasteiger partial charge in [-0.05, 0) is 44.0 Å². The number of ether oxygens (including phenoxy) is 2. The molecule has 2 rings (SSSR count). The third-order valence-electron chi connectivity index (χ3n) is 5.13. The van der Waals surface area contributed by atoms with Crippen LogP contribution < -0.4 is 4.74 Å². The van der Waals surface area contributed by atoms with Gasteiger partial charge in [0.1, 0.15) is 5.75 Å². The molecule has 0 aromatic heterocycles. The zero-order chi connectivity index (χ0) is 22.1. The van der Waals surface area contributed by atoms with Crippen LogP contribution in [-0.2, 0) is 19.1 Å². The minimum absolute atomic E-state index is 0.0437. The Balaban J connectivity index is 1.75. The lowest BCUT2D eigenvalue weighted by Gasteiger charge is -2.32. The van der Waals surface area contributed by atoms with Crippen molar-refractivity contribution in [1.82, 2.24) is 9.80 Å². The van der Waals surface area contributed by atoms with Crippen molar-refractivity contribution in [2.24, 2.45) is 5.92 Å². The van der Waals surface area contributed by atoms with Gasteiger partial charge in [0.05, 0.1) is 19.1 Å². The first kappa shape index (κ1) is 23.4. The predicted octanol–water partition coefficient (Wildman–Crippen LogP) is 1.92. The van der Waals surface area contributed by atoms with Crippen LogP contribution in [0.3, 0.4) is 0 Å². The van der Waals surface area contributed by atoms with Crippen molar-refractivity contribution in [3.05, 3.63) is 29.8 Å². The Bertz CT molecular complexity index is 753. The van der Waals surface area contributed by atoms with Crippen molar-refractivity contribution in [3.63, 3.8) is 0 Å². The van der Waals surface area contributed by atoms with E-state index in [1.807, 2.05) is 0 Å². The third kappa shape index (κ3) is 6.57. The SMILES string of the molecule is CCOC(=O)C1CCN(C(=O)CN(C)C(=O)COc2ccc(C(=O)CC)cc2)CC1. The molecule has 1 saturated heterocycles. The van der Waals surface area contributed by atoms with E-state index in [4.69, 9.17) is 9.47 Å².